The maximum absolute atomic E-state index is 15.3. The number of amides is 1. The van der Waals surface area contributed by atoms with Crippen LogP contribution in [0.2, 0.25) is 5.02 Å². The number of hydrogen-bond acceptors (Lipinski definition) is 4. The van der Waals surface area contributed by atoms with Crippen molar-refractivity contribution in [1.29, 1.82) is 0 Å². The van der Waals surface area contributed by atoms with Gasteiger partial charge in [0.25, 0.3) is 11.5 Å². The van der Waals surface area contributed by atoms with Crippen LogP contribution >= 0.6 is 11.6 Å². The van der Waals surface area contributed by atoms with E-state index in [1.165, 1.54) is 4.57 Å². The molecule has 0 saturated carbocycles. The molecule has 1 amide bonds. The molecule has 1 saturated heterocycles. The number of aromatic nitrogens is 1. The van der Waals surface area contributed by atoms with Crippen molar-refractivity contribution in [2.75, 3.05) is 36.5 Å². The van der Waals surface area contributed by atoms with Gasteiger partial charge >= 0.3 is 0 Å². The van der Waals surface area contributed by atoms with Gasteiger partial charge in [0.1, 0.15) is 11.7 Å². The van der Waals surface area contributed by atoms with Crippen LogP contribution in [0.5, 0.6) is 0 Å². The standard InChI is InChI=1S/C22H28ClFN4O2/c1-6-7-8-27-20-19(28-10-12(2)25(4)11-16(28)21(27)29)14-9-15(23)13(3)17(24)18(14)26(5)22(20)30/h9,12,16H,6-8,10-11H2,1-5H3. The van der Waals surface area contributed by atoms with E-state index in [0.29, 0.717) is 47.0 Å². The fourth-order valence-corrected chi connectivity index (χ4v) is 4.82. The molecule has 0 bridgehead atoms. The van der Waals surface area contributed by atoms with E-state index in [4.69, 9.17) is 11.6 Å². The SMILES string of the molecule is CCCCN1C(=O)C2CN(C)C(C)CN2c2c1c(=O)n(C)c1c(F)c(C)c(Cl)cc21. The first kappa shape index (κ1) is 21.1. The molecular formula is C22H28ClFN4O2. The number of hydrogen-bond donors (Lipinski definition) is 0. The van der Waals surface area contributed by atoms with Crippen molar-refractivity contribution in [1.82, 2.24) is 9.47 Å². The predicted octanol–water partition coefficient (Wildman–Crippen LogP) is 3.30. The predicted molar refractivity (Wildman–Crippen MR) is 119 cm³/mol. The van der Waals surface area contributed by atoms with E-state index in [1.54, 1.807) is 24.9 Å². The number of aryl methyl sites for hydroxylation is 1. The molecule has 30 heavy (non-hydrogen) atoms. The number of anilines is 2. The summed E-state index contributed by atoms with van der Waals surface area (Å²) in [4.78, 5) is 32.7. The van der Waals surface area contributed by atoms with Gasteiger partial charge in [-0.1, -0.05) is 24.9 Å². The number of carbonyl (C=O) groups is 1. The zero-order chi connectivity index (χ0) is 21.9. The minimum Gasteiger partial charge on any atom is -0.354 e. The third-order valence-corrected chi connectivity index (χ3v) is 7.03. The molecule has 6 nitrogen and oxygen atoms in total. The lowest BCUT2D eigenvalue weighted by Gasteiger charge is -2.49. The van der Waals surface area contributed by atoms with Crippen LogP contribution in [0.3, 0.4) is 0 Å². The summed E-state index contributed by atoms with van der Waals surface area (Å²) in [5, 5.41) is 0.896. The number of benzene rings is 1. The van der Waals surface area contributed by atoms with Crippen LogP contribution in [0.1, 0.15) is 32.3 Å². The number of fused-ring (bicyclic) bond motifs is 5. The Bertz CT molecular complexity index is 1100. The summed E-state index contributed by atoms with van der Waals surface area (Å²) >= 11 is 6.37. The summed E-state index contributed by atoms with van der Waals surface area (Å²) in [5.41, 5.74) is 1.17. The maximum atomic E-state index is 15.3. The molecule has 1 aromatic heterocycles. The van der Waals surface area contributed by atoms with Crippen LogP contribution in [0.25, 0.3) is 10.9 Å². The lowest BCUT2D eigenvalue weighted by molar-refractivity contribution is -0.121. The van der Waals surface area contributed by atoms with Gasteiger partial charge in [0.2, 0.25) is 0 Å². The number of halogens is 2. The largest absolute Gasteiger partial charge is 0.354 e. The van der Waals surface area contributed by atoms with E-state index < -0.39 is 11.9 Å². The Morgan fingerprint density at radius 1 is 1.20 bits per heavy atom. The molecule has 162 valence electrons. The maximum Gasteiger partial charge on any atom is 0.277 e. The molecule has 0 aliphatic carbocycles. The third kappa shape index (κ3) is 2.94. The van der Waals surface area contributed by atoms with Crippen LogP contribution in [0, 0.1) is 12.7 Å². The molecular weight excluding hydrogens is 407 g/mol. The average Bonchev–Trinajstić information content (AvgIpc) is 2.70. The topological polar surface area (TPSA) is 48.8 Å². The summed E-state index contributed by atoms with van der Waals surface area (Å²) in [6.07, 6.45) is 1.69. The Hall–Kier alpha value is -2.12. The zero-order valence-electron chi connectivity index (χ0n) is 18.1. The molecule has 0 N–H and O–H groups in total. The normalized spacial score (nSPS) is 21.9. The number of nitrogens with zero attached hydrogens (tertiary/aromatic N) is 4. The van der Waals surface area contributed by atoms with Gasteiger partial charge in [0.05, 0.1) is 11.2 Å². The summed E-state index contributed by atoms with van der Waals surface area (Å²) in [6.45, 7) is 7.35. The summed E-state index contributed by atoms with van der Waals surface area (Å²) in [6, 6.07) is 1.52. The minimum atomic E-state index is -0.490. The van der Waals surface area contributed by atoms with Crippen LogP contribution in [-0.4, -0.2) is 54.1 Å². The first-order chi connectivity index (χ1) is 14.2. The van der Waals surface area contributed by atoms with Gasteiger partial charge in [0, 0.05) is 48.7 Å². The van der Waals surface area contributed by atoms with Gasteiger partial charge in [-0.05, 0) is 33.4 Å². The van der Waals surface area contributed by atoms with Crippen molar-refractivity contribution in [3.8, 4) is 0 Å². The lowest BCUT2D eigenvalue weighted by atomic mass is 9.97. The van der Waals surface area contributed by atoms with Crippen LogP contribution in [-0.2, 0) is 11.8 Å². The van der Waals surface area contributed by atoms with E-state index in [1.807, 2.05) is 18.9 Å². The molecule has 0 spiro atoms. The monoisotopic (exact) mass is 434 g/mol. The first-order valence-electron chi connectivity index (χ1n) is 10.5. The molecule has 2 aromatic rings. The molecule has 0 radical (unpaired) electrons. The second kappa shape index (κ2) is 7.54. The Morgan fingerprint density at radius 2 is 1.90 bits per heavy atom. The Balaban J connectivity index is 2.10. The summed E-state index contributed by atoms with van der Waals surface area (Å²) in [7, 11) is 3.56. The third-order valence-electron chi connectivity index (χ3n) is 6.64. The average molecular weight is 435 g/mol. The first-order valence-corrected chi connectivity index (χ1v) is 10.9. The van der Waals surface area contributed by atoms with Crippen molar-refractivity contribution in [3.05, 3.63) is 32.8 Å². The van der Waals surface area contributed by atoms with Gasteiger partial charge in [-0.25, -0.2) is 4.39 Å². The summed E-state index contributed by atoms with van der Waals surface area (Å²) < 4.78 is 16.6. The molecule has 1 aromatic carbocycles. The second-order valence-corrected chi connectivity index (χ2v) is 8.96. The van der Waals surface area contributed by atoms with Gasteiger partial charge in [-0.15, -0.1) is 0 Å². The van der Waals surface area contributed by atoms with Crippen LogP contribution in [0.4, 0.5) is 15.8 Å². The number of unbranched alkanes of at least 4 members (excludes halogenated alkanes) is 1. The van der Waals surface area contributed by atoms with Crippen molar-refractivity contribution in [2.24, 2.45) is 7.05 Å². The molecule has 2 aliphatic heterocycles. The van der Waals surface area contributed by atoms with E-state index in [-0.39, 0.29) is 23.0 Å². The van der Waals surface area contributed by atoms with E-state index in [2.05, 4.69) is 11.8 Å². The number of carbonyl (C=O) groups excluding carboxylic acids is 1. The highest BCUT2D eigenvalue weighted by molar-refractivity contribution is 6.32. The number of rotatable bonds is 3. The van der Waals surface area contributed by atoms with Crippen LogP contribution < -0.4 is 15.4 Å². The summed E-state index contributed by atoms with van der Waals surface area (Å²) in [5.74, 6) is -0.555. The van der Waals surface area contributed by atoms with Crippen molar-refractivity contribution in [2.45, 2.75) is 45.7 Å². The Labute approximate surface area is 180 Å². The van der Waals surface area contributed by atoms with E-state index >= 15 is 4.39 Å². The van der Waals surface area contributed by atoms with Gasteiger partial charge in [0.15, 0.2) is 5.82 Å². The molecule has 2 atom stereocenters. The molecule has 4 rings (SSSR count). The van der Waals surface area contributed by atoms with Crippen molar-refractivity contribution in [3.63, 3.8) is 0 Å². The highest BCUT2D eigenvalue weighted by Gasteiger charge is 2.45. The van der Waals surface area contributed by atoms with Crippen molar-refractivity contribution < 1.29 is 9.18 Å². The van der Waals surface area contributed by atoms with E-state index in [0.717, 1.165) is 12.8 Å². The highest BCUT2D eigenvalue weighted by Crippen LogP contribution is 2.43. The molecule has 8 heteroatoms. The lowest BCUT2D eigenvalue weighted by Crippen LogP contribution is -2.65. The minimum absolute atomic E-state index is 0.0650. The zero-order valence-corrected chi connectivity index (χ0v) is 18.9. The smallest absolute Gasteiger partial charge is 0.277 e. The Morgan fingerprint density at radius 3 is 2.57 bits per heavy atom. The fraction of sp³-hybridized carbons (Fsp3) is 0.545. The molecule has 2 aliphatic rings. The Kier molecular flexibility index (Phi) is 5.31. The van der Waals surface area contributed by atoms with Gasteiger partial charge in [-0.2, -0.15) is 0 Å². The van der Waals surface area contributed by atoms with Crippen LogP contribution in [0.15, 0.2) is 10.9 Å². The number of pyridine rings is 1. The van der Waals surface area contributed by atoms with E-state index in [9.17, 15) is 9.59 Å². The molecule has 3 heterocycles. The highest BCUT2D eigenvalue weighted by atomic mass is 35.5. The quantitative estimate of drug-likeness (QED) is 0.743. The molecule has 1 fully saturated rings. The number of likely N-dealkylation sites (N-methyl/N-ethyl adjacent to an activating group) is 1. The van der Waals surface area contributed by atoms with Gasteiger partial charge < -0.3 is 14.4 Å². The molecule has 2 unspecified atom stereocenters. The van der Waals surface area contributed by atoms with Gasteiger partial charge in [-0.3, -0.25) is 14.5 Å². The second-order valence-electron chi connectivity index (χ2n) is 8.56. The fourth-order valence-electron chi connectivity index (χ4n) is 4.63. The number of piperazine rings is 1. The van der Waals surface area contributed by atoms with Crippen molar-refractivity contribution >= 4 is 39.8 Å².